The monoisotopic (exact) mass is 368 g/mol. The first kappa shape index (κ1) is 17.9. The number of fused-ring (bicyclic) bond motifs is 1. The molecule has 3 heterocycles. The van der Waals surface area contributed by atoms with Crippen molar-refractivity contribution in [2.75, 3.05) is 25.0 Å². The molecule has 2 aromatic rings. The number of likely N-dealkylation sites (tertiary alicyclic amines) is 1. The summed E-state index contributed by atoms with van der Waals surface area (Å²) < 4.78 is 2.18. The van der Waals surface area contributed by atoms with Crippen LogP contribution in [0.2, 0.25) is 0 Å². The highest BCUT2D eigenvalue weighted by Crippen LogP contribution is 2.25. The number of aromatic nitrogens is 2. The zero-order valence-electron chi connectivity index (χ0n) is 16.0. The van der Waals surface area contributed by atoms with Crippen molar-refractivity contribution in [2.24, 2.45) is 4.99 Å². The third kappa shape index (κ3) is 3.78. The van der Waals surface area contributed by atoms with Gasteiger partial charge < -0.3 is 20.3 Å². The lowest BCUT2D eigenvalue weighted by molar-refractivity contribution is 0.248. The number of phenolic OH excluding ortho intramolecular Hbond substituents is 1. The Balaban J connectivity index is 1.55. The summed E-state index contributed by atoms with van der Waals surface area (Å²) in [6, 6.07) is 7.66. The quantitative estimate of drug-likeness (QED) is 0.756. The van der Waals surface area contributed by atoms with E-state index < -0.39 is 0 Å². The van der Waals surface area contributed by atoms with E-state index in [0.29, 0.717) is 18.3 Å². The lowest BCUT2D eigenvalue weighted by Gasteiger charge is -2.35. The Morgan fingerprint density at radius 1 is 1.19 bits per heavy atom. The molecule has 1 fully saturated rings. The van der Waals surface area contributed by atoms with E-state index in [1.54, 1.807) is 12.1 Å². The Kier molecular flexibility index (Phi) is 5.03. The van der Waals surface area contributed by atoms with Gasteiger partial charge in [0.15, 0.2) is 12.1 Å². The summed E-state index contributed by atoms with van der Waals surface area (Å²) in [6.07, 6.45) is 5.26. The number of aliphatic imine (C=N–C) groups is 1. The van der Waals surface area contributed by atoms with E-state index in [9.17, 15) is 5.11 Å². The lowest BCUT2D eigenvalue weighted by Crippen LogP contribution is -2.55. The van der Waals surface area contributed by atoms with E-state index in [4.69, 9.17) is 4.99 Å². The van der Waals surface area contributed by atoms with Gasteiger partial charge in [0.25, 0.3) is 0 Å². The zero-order valence-corrected chi connectivity index (χ0v) is 16.0. The second-order valence-corrected chi connectivity index (χ2v) is 7.52. The van der Waals surface area contributed by atoms with Crippen LogP contribution in [0.1, 0.15) is 44.0 Å². The van der Waals surface area contributed by atoms with Crippen molar-refractivity contribution in [3.05, 3.63) is 41.9 Å². The van der Waals surface area contributed by atoms with Crippen LogP contribution in [0, 0.1) is 0 Å². The maximum atomic E-state index is 9.42. The Bertz CT molecular complexity index is 804. The molecule has 4 rings (SSSR count). The predicted molar refractivity (Wildman–Crippen MR) is 107 cm³/mol. The number of hydrogen-bond donors (Lipinski definition) is 3. The Hall–Kier alpha value is -2.54. The van der Waals surface area contributed by atoms with Crippen molar-refractivity contribution in [3.8, 4) is 5.75 Å². The number of nitrogens with zero attached hydrogens (tertiary/aromatic N) is 4. The maximum Gasteiger partial charge on any atom is 0.157 e. The van der Waals surface area contributed by atoms with E-state index in [-0.39, 0.29) is 6.29 Å². The van der Waals surface area contributed by atoms with Crippen LogP contribution in [0.25, 0.3) is 0 Å². The minimum atomic E-state index is 0.0571. The van der Waals surface area contributed by atoms with Gasteiger partial charge in [0.05, 0.1) is 6.33 Å². The molecule has 7 heteroatoms. The summed E-state index contributed by atoms with van der Waals surface area (Å²) in [5.41, 5.74) is 2.06. The second kappa shape index (κ2) is 7.60. The van der Waals surface area contributed by atoms with Crippen LogP contribution in [0.5, 0.6) is 5.75 Å². The van der Waals surface area contributed by atoms with Gasteiger partial charge in [0.1, 0.15) is 17.3 Å². The molecule has 0 saturated carbocycles. The van der Waals surface area contributed by atoms with Crippen LogP contribution in [-0.2, 0) is 6.42 Å². The fourth-order valence-corrected chi connectivity index (χ4v) is 3.69. The molecule has 0 aliphatic carbocycles. The number of hydrogen-bond acceptors (Lipinski definition) is 5. The van der Waals surface area contributed by atoms with Gasteiger partial charge in [-0.1, -0.05) is 12.1 Å². The normalized spacial score (nSPS) is 21.3. The van der Waals surface area contributed by atoms with E-state index in [1.165, 1.54) is 12.8 Å². The third-order valence-electron chi connectivity index (χ3n) is 5.23. The van der Waals surface area contributed by atoms with Gasteiger partial charge in [0, 0.05) is 25.7 Å². The van der Waals surface area contributed by atoms with Crippen molar-refractivity contribution in [1.82, 2.24) is 19.8 Å². The van der Waals surface area contributed by atoms with Crippen LogP contribution in [-0.4, -0.2) is 51.3 Å². The number of imidazole rings is 1. The van der Waals surface area contributed by atoms with Crippen molar-refractivity contribution in [2.45, 2.75) is 45.4 Å². The van der Waals surface area contributed by atoms with Gasteiger partial charge in [-0.05, 0) is 50.8 Å². The van der Waals surface area contributed by atoms with Crippen LogP contribution in [0.3, 0.4) is 0 Å². The minimum Gasteiger partial charge on any atom is -0.508 e. The molecule has 1 aromatic heterocycles. The molecule has 2 aliphatic heterocycles. The zero-order chi connectivity index (χ0) is 18.8. The summed E-state index contributed by atoms with van der Waals surface area (Å²) in [5.74, 6) is 2.20. The van der Waals surface area contributed by atoms with Crippen LogP contribution >= 0.6 is 0 Å². The van der Waals surface area contributed by atoms with Gasteiger partial charge in [-0.3, -0.25) is 9.89 Å². The Morgan fingerprint density at radius 2 is 1.93 bits per heavy atom. The Labute approximate surface area is 160 Å². The van der Waals surface area contributed by atoms with Crippen LogP contribution < -0.4 is 10.6 Å². The van der Waals surface area contributed by atoms with Crippen LogP contribution in [0.15, 0.2) is 35.6 Å². The second-order valence-electron chi connectivity index (χ2n) is 7.52. The molecule has 1 saturated heterocycles. The molecule has 144 valence electrons. The SMILES string of the molecule is CC(C)n1cnc2c1NC(N1CCCC1)NC2=NCCc1ccc(O)cc1. The highest BCUT2D eigenvalue weighted by atomic mass is 16.3. The van der Waals surface area contributed by atoms with Gasteiger partial charge >= 0.3 is 0 Å². The van der Waals surface area contributed by atoms with Gasteiger partial charge in [-0.25, -0.2) is 4.98 Å². The third-order valence-corrected chi connectivity index (χ3v) is 5.23. The van der Waals surface area contributed by atoms with Crippen LogP contribution in [0.4, 0.5) is 5.82 Å². The number of aromatic hydroxyl groups is 1. The largest absolute Gasteiger partial charge is 0.508 e. The molecule has 0 spiro atoms. The molecule has 7 nitrogen and oxygen atoms in total. The van der Waals surface area contributed by atoms with Gasteiger partial charge in [-0.2, -0.15) is 0 Å². The molecular formula is C20H28N6O. The standard InChI is InChI=1S/C20H28N6O/c1-14(2)26-13-22-17-18(21-10-9-15-5-7-16(27)8-6-15)23-20(24-19(17)26)25-11-3-4-12-25/h5-8,13-14,20,24,27H,3-4,9-12H2,1-2H3,(H,21,23). The smallest absolute Gasteiger partial charge is 0.157 e. The molecule has 0 radical (unpaired) electrons. The highest BCUT2D eigenvalue weighted by molar-refractivity contribution is 6.03. The maximum absolute atomic E-state index is 9.42. The predicted octanol–water partition coefficient (Wildman–Crippen LogP) is 2.55. The molecule has 1 aromatic carbocycles. The summed E-state index contributed by atoms with van der Waals surface area (Å²) in [6.45, 7) is 7.19. The summed E-state index contributed by atoms with van der Waals surface area (Å²) in [4.78, 5) is 11.9. The molecule has 3 N–H and O–H groups in total. The fraction of sp³-hybridized carbons (Fsp3) is 0.500. The van der Waals surface area contributed by atoms with E-state index in [1.807, 2.05) is 18.5 Å². The number of nitrogens with one attached hydrogen (secondary N) is 2. The average molecular weight is 368 g/mol. The Morgan fingerprint density at radius 3 is 2.63 bits per heavy atom. The van der Waals surface area contributed by atoms with Crippen molar-refractivity contribution < 1.29 is 5.11 Å². The first-order valence-corrected chi connectivity index (χ1v) is 9.78. The summed E-state index contributed by atoms with van der Waals surface area (Å²) in [7, 11) is 0. The number of benzene rings is 1. The van der Waals surface area contributed by atoms with E-state index >= 15 is 0 Å². The first-order chi connectivity index (χ1) is 13.1. The number of phenols is 1. The van der Waals surface area contributed by atoms with Crippen molar-refractivity contribution in [3.63, 3.8) is 0 Å². The topological polar surface area (TPSA) is 77.7 Å². The summed E-state index contributed by atoms with van der Waals surface area (Å²) >= 11 is 0. The molecular weight excluding hydrogens is 340 g/mol. The van der Waals surface area contributed by atoms with Crippen molar-refractivity contribution >= 4 is 11.7 Å². The van der Waals surface area contributed by atoms with Gasteiger partial charge in [0.2, 0.25) is 0 Å². The van der Waals surface area contributed by atoms with Gasteiger partial charge in [-0.15, -0.1) is 0 Å². The molecule has 1 unspecified atom stereocenters. The van der Waals surface area contributed by atoms with Crippen molar-refractivity contribution in [1.29, 1.82) is 0 Å². The molecule has 27 heavy (non-hydrogen) atoms. The number of amidine groups is 1. The van der Waals surface area contributed by atoms with E-state index in [2.05, 4.69) is 38.9 Å². The molecule has 0 amide bonds. The summed E-state index contributed by atoms with van der Waals surface area (Å²) in [5, 5.41) is 16.6. The highest BCUT2D eigenvalue weighted by Gasteiger charge is 2.31. The fourth-order valence-electron chi connectivity index (χ4n) is 3.69. The number of anilines is 1. The molecule has 1 atom stereocenters. The lowest BCUT2D eigenvalue weighted by atomic mass is 10.1. The molecule has 2 aliphatic rings. The molecule has 0 bridgehead atoms. The average Bonchev–Trinajstić information content (AvgIpc) is 3.33. The van der Waals surface area contributed by atoms with E-state index in [0.717, 1.165) is 42.4 Å². The minimum absolute atomic E-state index is 0.0571. The number of rotatable bonds is 5. The first-order valence-electron chi connectivity index (χ1n) is 9.78.